The molecule has 8 nitrogen and oxygen atoms in total. The predicted molar refractivity (Wildman–Crippen MR) is 135 cm³/mol. The molecule has 2 amide bonds. The van der Waals surface area contributed by atoms with Crippen molar-refractivity contribution in [2.75, 3.05) is 13.7 Å². The topological polar surface area (TPSA) is 110 Å². The Labute approximate surface area is 209 Å². The van der Waals surface area contributed by atoms with Crippen molar-refractivity contribution in [1.82, 2.24) is 15.2 Å². The average Bonchev–Trinajstić information content (AvgIpc) is 3.19. The van der Waals surface area contributed by atoms with E-state index in [-0.39, 0.29) is 30.7 Å². The Hall–Kier alpha value is -3.52. The van der Waals surface area contributed by atoms with Crippen molar-refractivity contribution < 1.29 is 24.2 Å². The number of ether oxygens (including phenoxy) is 1. The second-order valence-electron chi connectivity index (χ2n) is 8.36. The van der Waals surface area contributed by atoms with Gasteiger partial charge >= 0.3 is 5.97 Å². The third kappa shape index (κ3) is 6.33. The van der Waals surface area contributed by atoms with Gasteiger partial charge in [-0.3, -0.25) is 14.4 Å². The molecule has 0 spiro atoms. The molecule has 0 aliphatic heterocycles. The Balaban J connectivity index is 1.75. The van der Waals surface area contributed by atoms with E-state index in [1.165, 1.54) is 4.57 Å². The van der Waals surface area contributed by atoms with Gasteiger partial charge in [0.25, 0.3) is 5.91 Å². The van der Waals surface area contributed by atoms with Crippen LogP contribution in [0.3, 0.4) is 0 Å². The number of carboxylic acid groups (broad SMARTS) is 1. The van der Waals surface area contributed by atoms with Crippen LogP contribution in [0.5, 0.6) is 5.75 Å². The number of unbranched alkanes of at least 4 members (excludes halogenated alkanes) is 1. The maximum atomic E-state index is 12.9. The van der Waals surface area contributed by atoms with E-state index in [1.54, 1.807) is 37.4 Å². The van der Waals surface area contributed by atoms with Gasteiger partial charge in [0.15, 0.2) is 0 Å². The fraction of sp³-hybridized carbons (Fsp3) is 0.346. The third-order valence-corrected chi connectivity index (χ3v) is 6.22. The van der Waals surface area contributed by atoms with E-state index in [0.29, 0.717) is 22.7 Å². The molecule has 3 rings (SSSR count). The number of fused-ring (bicyclic) bond motifs is 1. The highest BCUT2D eigenvalue weighted by Crippen LogP contribution is 2.33. The van der Waals surface area contributed by atoms with Gasteiger partial charge in [0.2, 0.25) is 5.91 Å². The van der Waals surface area contributed by atoms with Crippen LogP contribution < -0.4 is 15.4 Å². The lowest BCUT2D eigenvalue weighted by atomic mass is 9.98. The lowest BCUT2D eigenvalue weighted by molar-refractivity contribution is -0.137. The molecule has 0 bridgehead atoms. The quantitative estimate of drug-likeness (QED) is 0.360. The summed E-state index contributed by atoms with van der Waals surface area (Å²) in [6, 6.07) is 12.1. The maximum Gasteiger partial charge on any atom is 0.323 e. The first-order valence-electron chi connectivity index (χ1n) is 11.5. The van der Waals surface area contributed by atoms with Gasteiger partial charge in [-0.2, -0.15) is 0 Å². The molecular formula is C26H30ClN3O5. The van der Waals surface area contributed by atoms with Crippen molar-refractivity contribution in [2.45, 2.75) is 45.7 Å². The zero-order valence-electron chi connectivity index (χ0n) is 20.1. The van der Waals surface area contributed by atoms with Gasteiger partial charge in [0.1, 0.15) is 18.0 Å². The van der Waals surface area contributed by atoms with Gasteiger partial charge in [0.05, 0.1) is 19.7 Å². The molecule has 1 aromatic heterocycles. The average molecular weight is 500 g/mol. The molecule has 2 aromatic carbocycles. The minimum Gasteiger partial charge on any atom is -0.496 e. The van der Waals surface area contributed by atoms with E-state index in [4.69, 9.17) is 16.3 Å². The first-order valence-corrected chi connectivity index (χ1v) is 11.8. The SMILES string of the molecule is CCCCC(NC(=O)CNC(=O)c1cc2ccccc2n1CC(=O)O)c1cc(Cl)c(C)cc1OC. The number of hydrogen-bond acceptors (Lipinski definition) is 4. The van der Waals surface area contributed by atoms with Crippen LogP contribution in [0.1, 0.15) is 53.8 Å². The molecule has 3 N–H and O–H groups in total. The number of carbonyl (C=O) groups excluding carboxylic acids is 2. The van der Waals surface area contributed by atoms with Crippen LogP contribution in [-0.2, 0) is 16.1 Å². The highest BCUT2D eigenvalue weighted by molar-refractivity contribution is 6.31. The summed E-state index contributed by atoms with van der Waals surface area (Å²) in [6.45, 7) is 3.32. The Morgan fingerprint density at radius 3 is 2.60 bits per heavy atom. The highest BCUT2D eigenvalue weighted by atomic mass is 35.5. The zero-order chi connectivity index (χ0) is 25.5. The van der Waals surface area contributed by atoms with Crippen LogP contribution in [0.15, 0.2) is 42.5 Å². The molecule has 186 valence electrons. The number of para-hydroxylation sites is 1. The van der Waals surface area contributed by atoms with Crippen molar-refractivity contribution in [3.8, 4) is 5.75 Å². The van der Waals surface area contributed by atoms with E-state index < -0.39 is 11.9 Å². The van der Waals surface area contributed by atoms with Gasteiger partial charge in [0, 0.05) is 21.5 Å². The molecule has 0 radical (unpaired) electrons. The minimum atomic E-state index is -1.07. The Kier molecular flexibility index (Phi) is 8.76. The van der Waals surface area contributed by atoms with Gasteiger partial charge in [-0.25, -0.2) is 0 Å². The molecule has 0 saturated heterocycles. The van der Waals surface area contributed by atoms with Gasteiger partial charge in [-0.15, -0.1) is 0 Å². The van der Waals surface area contributed by atoms with E-state index >= 15 is 0 Å². The summed E-state index contributed by atoms with van der Waals surface area (Å²) in [5, 5.41) is 16.2. The largest absolute Gasteiger partial charge is 0.496 e. The van der Waals surface area contributed by atoms with Crippen molar-refractivity contribution in [3.05, 3.63) is 64.3 Å². The Morgan fingerprint density at radius 1 is 1.17 bits per heavy atom. The molecule has 1 heterocycles. The molecule has 35 heavy (non-hydrogen) atoms. The first-order chi connectivity index (χ1) is 16.7. The number of nitrogens with one attached hydrogen (secondary N) is 2. The number of hydrogen-bond donors (Lipinski definition) is 3. The standard InChI is InChI=1S/C26H30ClN3O5/c1-4-5-9-20(18-13-19(27)16(2)11-23(18)35-3)29-24(31)14-28-26(34)22-12-17-8-6-7-10-21(17)30(22)15-25(32)33/h6-8,10-13,20H,4-5,9,14-15H2,1-3H3,(H,28,34)(H,29,31)(H,32,33). The van der Waals surface area contributed by atoms with Crippen molar-refractivity contribution >= 4 is 40.3 Å². The van der Waals surface area contributed by atoms with E-state index in [2.05, 4.69) is 17.6 Å². The summed E-state index contributed by atoms with van der Waals surface area (Å²) < 4.78 is 6.95. The van der Waals surface area contributed by atoms with Crippen molar-refractivity contribution in [2.24, 2.45) is 0 Å². The van der Waals surface area contributed by atoms with Crippen LogP contribution in [0.4, 0.5) is 0 Å². The summed E-state index contributed by atoms with van der Waals surface area (Å²) in [6.07, 6.45) is 2.50. The number of rotatable bonds is 11. The van der Waals surface area contributed by atoms with Gasteiger partial charge in [-0.05, 0) is 43.2 Å². The molecule has 9 heteroatoms. The number of aromatic nitrogens is 1. The Morgan fingerprint density at radius 2 is 1.91 bits per heavy atom. The van der Waals surface area contributed by atoms with E-state index in [1.807, 2.05) is 19.1 Å². The number of carbonyl (C=O) groups is 3. The van der Waals surface area contributed by atoms with Crippen molar-refractivity contribution in [3.63, 3.8) is 0 Å². The Bertz CT molecular complexity index is 1240. The predicted octanol–water partition coefficient (Wildman–Crippen LogP) is 4.47. The number of aryl methyl sites for hydroxylation is 1. The number of carboxylic acids is 1. The van der Waals surface area contributed by atoms with Gasteiger partial charge in [-0.1, -0.05) is 49.6 Å². The third-order valence-electron chi connectivity index (χ3n) is 5.81. The molecule has 3 aromatic rings. The number of amides is 2. The van der Waals surface area contributed by atoms with E-state index in [0.717, 1.165) is 29.4 Å². The highest BCUT2D eigenvalue weighted by Gasteiger charge is 2.22. The minimum absolute atomic E-state index is 0.177. The van der Waals surface area contributed by atoms with E-state index in [9.17, 15) is 19.5 Å². The molecule has 0 fully saturated rings. The molecule has 0 aliphatic rings. The monoisotopic (exact) mass is 499 g/mol. The maximum absolute atomic E-state index is 12.9. The fourth-order valence-corrected chi connectivity index (χ4v) is 4.21. The van der Waals surface area contributed by atoms with Crippen LogP contribution in [0.2, 0.25) is 5.02 Å². The van der Waals surface area contributed by atoms with Crippen LogP contribution in [0.25, 0.3) is 10.9 Å². The second kappa shape index (κ2) is 11.8. The molecule has 0 saturated carbocycles. The van der Waals surface area contributed by atoms with Gasteiger partial charge < -0.3 is 25.0 Å². The molecular weight excluding hydrogens is 470 g/mol. The lowest BCUT2D eigenvalue weighted by Gasteiger charge is -2.22. The molecule has 0 aliphatic carbocycles. The number of benzene rings is 2. The second-order valence-corrected chi connectivity index (χ2v) is 8.76. The summed E-state index contributed by atoms with van der Waals surface area (Å²) in [4.78, 5) is 37.1. The first kappa shape index (κ1) is 26.1. The number of methoxy groups -OCH3 is 1. The summed E-state index contributed by atoms with van der Waals surface area (Å²) in [5.74, 6) is -1.34. The molecule has 1 unspecified atom stereocenters. The smallest absolute Gasteiger partial charge is 0.323 e. The number of halogens is 1. The summed E-state index contributed by atoms with van der Waals surface area (Å²) >= 11 is 6.34. The fourth-order valence-electron chi connectivity index (χ4n) is 4.03. The van der Waals surface area contributed by atoms with Crippen LogP contribution in [-0.4, -0.2) is 41.1 Å². The van der Waals surface area contributed by atoms with Crippen LogP contribution in [0, 0.1) is 6.92 Å². The number of aliphatic carboxylic acids is 1. The lowest BCUT2D eigenvalue weighted by Crippen LogP contribution is -2.39. The van der Waals surface area contributed by atoms with Crippen molar-refractivity contribution in [1.29, 1.82) is 0 Å². The summed E-state index contributed by atoms with van der Waals surface area (Å²) in [7, 11) is 1.57. The normalized spacial score (nSPS) is 11.8. The zero-order valence-corrected chi connectivity index (χ0v) is 20.8. The van der Waals surface area contributed by atoms with Crippen LogP contribution >= 0.6 is 11.6 Å². The number of nitrogens with zero attached hydrogens (tertiary/aromatic N) is 1. The molecule has 1 atom stereocenters. The summed E-state index contributed by atoms with van der Waals surface area (Å²) in [5.41, 5.74) is 2.46.